The van der Waals surface area contributed by atoms with Crippen LogP contribution in [0.25, 0.3) is 0 Å². The molecule has 1 fully saturated rings. The average molecular weight is 342 g/mol. The van der Waals surface area contributed by atoms with Gasteiger partial charge in [-0.05, 0) is 25.3 Å². The molecule has 1 amide bonds. The summed E-state index contributed by atoms with van der Waals surface area (Å²) in [5, 5.41) is 3.76. The van der Waals surface area contributed by atoms with E-state index in [1.807, 2.05) is 18.0 Å². The van der Waals surface area contributed by atoms with Crippen molar-refractivity contribution in [1.29, 1.82) is 0 Å². The molecule has 1 aliphatic heterocycles. The van der Waals surface area contributed by atoms with Crippen molar-refractivity contribution in [2.24, 2.45) is 0 Å². The zero-order valence-electron chi connectivity index (χ0n) is 15.0. The van der Waals surface area contributed by atoms with Gasteiger partial charge in [0, 0.05) is 45.6 Å². The van der Waals surface area contributed by atoms with Crippen LogP contribution in [0, 0.1) is 6.92 Å². The first kappa shape index (κ1) is 17.6. The number of hydrogen-bond donors (Lipinski definition) is 0. The molecule has 1 aromatic carbocycles. The van der Waals surface area contributed by atoms with Crippen molar-refractivity contribution in [3.63, 3.8) is 0 Å². The van der Waals surface area contributed by atoms with E-state index in [0.29, 0.717) is 30.6 Å². The van der Waals surface area contributed by atoms with Gasteiger partial charge in [0.05, 0.1) is 0 Å². The van der Waals surface area contributed by atoms with E-state index in [1.54, 1.807) is 6.92 Å². The van der Waals surface area contributed by atoms with Gasteiger partial charge in [-0.3, -0.25) is 9.69 Å². The van der Waals surface area contributed by atoms with E-state index in [0.717, 1.165) is 32.5 Å². The summed E-state index contributed by atoms with van der Waals surface area (Å²) in [5.41, 5.74) is 1.35. The standard InChI is InChI=1S/C19H26N4O2/c1-15-20-18(25-21-15)8-9-19(24)22(2)17-10-12-23(13-11-17)14-16-6-4-3-5-7-16/h3-7,17H,8-14H2,1-2H3. The fourth-order valence-corrected chi connectivity index (χ4v) is 3.34. The molecule has 1 aromatic heterocycles. The van der Waals surface area contributed by atoms with Crippen LogP contribution in [0.15, 0.2) is 34.9 Å². The molecule has 0 saturated carbocycles. The van der Waals surface area contributed by atoms with Gasteiger partial charge in [-0.15, -0.1) is 0 Å². The number of likely N-dealkylation sites (tertiary alicyclic amines) is 1. The number of amides is 1. The lowest BCUT2D eigenvalue weighted by Gasteiger charge is -2.36. The normalized spacial score (nSPS) is 16.1. The highest BCUT2D eigenvalue weighted by Crippen LogP contribution is 2.18. The van der Waals surface area contributed by atoms with Crippen LogP contribution >= 0.6 is 0 Å². The molecule has 0 atom stereocenters. The van der Waals surface area contributed by atoms with Crippen molar-refractivity contribution < 1.29 is 9.32 Å². The highest BCUT2D eigenvalue weighted by atomic mass is 16.5. The van der Waals surface area contributed by atoms with E-state index >= 15 is 0 Å². The van der Waals surface area contributed by atoms with Crippen molar-refractivity contribution >= 4 is 5.91 Å². The number of carbonyl (C=O) groups excluding carboxylic acids is 1. The molecule has 0 unspecified atom stereocenters. The Labute approximate surface area is 148 Å². The topological polar surface area (TPSA) is 62.5 Å². The highest BCUT2D eigenvalue weighted by molar-refractivity contribution is 5.76. The summed E-state index contributed by atoms with van der Waals surface area (Å²) in [7, 11) is 1.92. The van der Waals surface area contributed by atoms with E-state index in [1.165, 1.54) is 5.56 Å². The minimum Gasteiger partial charge on any atom is -0.343 e. The van der Waals surface area contributed by atoms with Crippen LogP contribution in [0.4, 0.5) is 0 Å². The van der Waals surface area contributed by atoms with Crippen LogP contribution in [-0.4, -0.2) is 52.0 Å². The quantitative estimate of drug-likeness (QED) is 0.807. The van der Waals surface area contributed by atoms with Crippen molar-refractivity contribution in [1.82, 2.24) is 19.9 Å². The molecule has 0 bridgehead atoms. The number of aromatic nitrogens is 2. The molecule has 3 rings (SSSR count). The summed E-state index contributed by atoms with van der Waals surface area (Å²) in [6.45, 7) is 4.83. The summed E-state index contributed by atoms with van der Waals surface area (Å²) in [6.07, 6.45) is 2.97. The Morgan fingerprint density at radius 1 is 1.28 bits per heavy atom. The first-order chi connectivity index (χ1) is 12.1. The summed E-state index contributed by atoms with van der Waals surface area (Å²) < 4.78 is 5.07. The molecule has 134 valence electrons. The van der Waals surface area contributed by atoms with Gasteiger partial charge < -0.3 is 9.42 Å². The van der Waals surface area contributed by atoms with Gasteiger partial charge in [0.1, 0.15) is 0 Å². The second-order valence-electron chi connectivity index (χ2n) is 6.73. The summed E-state index contributed by atoms with van der Waals surface area (Å²) >= 11 is 0. The molecule has 1 aliphatic rings. The van der Waals surface area contributed by atoms with Crippen LogP contribution in [0.2, 0.25) is 0 Å². The van der Waals surface area contributed by atoms with Crippen LogP contribution in [0.1, 0.15) is 36.5 Å². The number of aryl methyl sites for hydroxylation is 2. The maximum Gasteiger partial charge on any atom is 0.227 e. The number of nitrogens with zero attached hydrogens (tertiary/aromatic N) is 4. The molecular formula is C19H26N4O2. The third-order valence-electron chi connectivity index (χ3n) is 4.87. The summed E-state index contributed by atoms with van der Waals surface area (Å²) in [6, 6.07) is 10.9. The zero-order valence-corrected chi connectivity index (χ0v) is 15.0. The van der Waals surface area contributed by atoms with Crippen molar-refractivity contribution in [2.45, 2.75) is 45.2 Å². The van der Waals surface area contributed by atoms with Crippen LogP contribution in [-0.2, 0) is 17.8 Å². The maximum atomic E-state index is 12.4. The third-order valence-corrected chi connectivity index (χ3v) is 4.87. The van der Waals surface area contributed by atoms with Crippen LogP contribution in [0.5, 0.6) is 0 Å². The molecular weight excluding hydrogens is 316 g/mol. The van der Waals surface area contributed by atoms with Crippen molar-refractivity contribution in [2.75, 3.05) is 20.1 Å². The molecule has 6 nitrogen and oxygen atoms in total. The Morgan fingerprint density at radius 3 is 2.64 bits per heavy atom. The molecule has 1 saturated heterocycles. The number of rotatable bonds is 6. The molecule has 0 radical (unpaired) electrons. The van der Waals surface area contributed by atoms with Gasteiger partial charge in [-0.1, -0.05) is 35.5 Å². The monoisotopic (exact) mass is 342 g/mol. The van der Waals surface area contributed by atoms with E-state index in [9.17, 15) is 4.79 Å². The predicted octanol–water partition coefficient (Wildman–Crippen LogP) is 2.43. The van der Waals surface area contributed by atoms with Gasteiger partial charge in [0.2, 0.25) is 11.8 Å². The summed E-state index contributed by atoms with van der Waals surface area (Å²) in [4.78, 5) is 20.9. The lowest BCUT2D eigenvalue weighted by Crippen LogP contribution is -2.45. The number of benzene rings is 1. The fourth-order valence-electron chi connectivity index (χ4n) is 3.34. The van der Waals surface area contributed by atoms with Gasteiger partial charge in [0.15, 0.2) is 5.82 Å². The Hall–Kier alpha value is -2.21. The Balaban J connectivity index is 1.42. The minimum absolute atomic E-state index is 0.150. The predicted molar refractivity (Wildman–Crippen MR) is 94.9 cm³/mol. The average Bonchev–Trinajstić information content (AvgIpc) is 3.06. The smallest absolute Gasteiger partial charge is 0.227 e. The molecule has 25 heavy (non-hydrogen) atoms. The Bertz CT molecular complexity index is 678. The van der Waals surface area contributed by atoms with E-state index in [-0.39, 0.29) is 5.91 Å². The molecule has 2 heterocycles. The lowest BCUT2D eigenvalue weighted by atomic mass is 10.0. The first-order valence-corrected chi connectivity index (χ1v) is 8.93. The number of hydrogen-bond acceptors (Lipinski definition) is 5. The first-order valence-electron chi connectivity index (χ1n) is 8.93. The molecule has 0 N–H and O–H groups in total. The van der Waals surface area contributed by atoms with Gasteiger partial charge >= 0.3 is 0 Å². The second kappa shape index (κ2) is 8.25. The minimum atomic E-state index is 0.150. The number of carbonyl (C=O) groups is 1. The van der Waals surface area contributed by atoms with Crippen LogP contribution in [0.3, 0.4) is 0 Å². The van der Waals surface area contributed by atoms with Gasteiger partial charge in [0.25, 0.3) is 0 Å². The molecule has 0 spiro atoms. The maximum absolute atomic E-state index is 12.4. The van der Waals surface area contributed by atoms with E-state index in [2.05, 4.69) is 39.3 Å². The van der Waals surface area contributed by atoms with E-state index in [4.69, 9.17) is 4.52 Å². The zero-order chi connectivity index (χ0) is 17.6. The Morgan fingerprint density at radius 2 is 2.00 bits per heavy atom. The summed E-state index contributed by atoms with van der Waals surface area (Å²) in [5.74, 6) is 1.30. The fraction of sp³-hybridized carbons (Fsp3) is 0.526. The highest BCUT2D eigenvalue weighted by Gasteiger charge is 2.25. The Kier molecular flexibility index (Phi) is 5.81. The van der Waals surface area contributed by atoms with Gasteiger partial charge in [-0.2, -0.15) is 4.98 Å². The third kappa shape index (κ3) is 4.89. The second-order valence-corrected chi connectivity index (χ2v) is 6.73. The lowest BCUT2D eigenvalue weighted by molar-refractivity contribution is -0.132. The largest absolute Gasteiger partial charge is 0.343 e. The molecule has 0 aliphatic carbocycles. The SMILES string of the molecule is Cc1noc(CCC(=O)N(C)C2CCN(Cc3ccccc3)CC2)n1. The van der Waals surface area contributed by atoms with Crippen molar-refractivity contribution in [3.05, 3.63) is 47.6 Å². The van der Waals surface area contributed by atoms with Crippen molar-refractivity contribution in [3.8, 4) is 0 Å². The van der Waals surface area contributed by atoms with E-state index < -0.39 is 0 Å². The van der Waals surface area contributed by atoms with Crippen LogP contribution < -0.4 is 0 Å². The number of piperidine rings is 1. The molecule has 2 aromatic rings. The van der Waals surface area contributed by atoms with Gasteiger partial charge in [-0.25, -0.2) is 0 Å². The molecule has 6 heteroatoms.